The van der Waals surface area contributed by atoms with E-state index in [0.717, 1.165) is 22.0 Å². The van der Waals surface area contributed by atoms with E-state index in [0.29, 0.717) is 12.0 Å². The van der Waals surface area contributed by atoms with Gasteiger partial charge < -0.3 is 5.32 Å². The van der Waals surface area contributed by atoms with Crippen molar-refractivity contribution >= 4 is 25.8 Å². The number of carbonyl (C=O) groups excluding carboxylic acids is 1. The molecule has 3 aromatic rings. The zero-order valence-electron chi connectivity index (χ0n) is 17.3. The third kappa shape index (κ3) is 4.86. The number of aryl methyl sites for hydroxylation is 1. The van der Waals surface area contributed by atoms with Gasteiger partial charge >= 0.3 is 0 Å². The lowest BCUT2D eigenvalue weighted by molar-refractivity contribution is 0.0934. The fourth-order valence-electron chi connectivity index (χ4n) is 3.06. The molecule has 0 saturated carbocycles. The Balaban J connectivity index is 2.11. The van der Waals surface area contributed by atoms with Crippen LogP contribution in [0, 0.1) is 6.92 Å². The number of nitrogens with zero attached hydrogens (tertiary/aromatic N) is 2. The van der Waals surface area contributed by atoms with Gasteiger partial charge in [-0.05, 0) is 43.7 Å². The van der Waals surface area contributed by atoms with E-state index in [1.807, 2.05) is 6.92 Å². The standard InChI is InChI=1S/C21H23N3O5S2/c1-4-19(23-21(25)16-9-11-22-12-10-16)20-13-18(30(3,26)27)14-24(20)31(28,29)17-7-5-15(2)6-8-17/h5-14,19H,4H2,1-3H3,(H,23,25)/t19-/m1/s1. The van der Waals surface area contributed by atoms with Crippen molar-refractivity contribution in [1.29, 1.82) is 0 Å². The number of benzene rings is 1. The Morgan fingerprint density at radius 2 is 1.65 bits per heavy atom. The molecule has 10 heteroatoms. The molecule has 0 spiro atoms. The lowest BCUT2D eigenvalue weighted by atomic mass is 10.1. The molecule has 1 N–H and O–H groups in total. The predicted octanol–water partition coefficient (Wildman–Crippen LogP) is 2.71. The van der Waals surface area contributed by atoms with Gasteiger partial charge in [-0.25, -0.2) is 20.8 Å². The summed E-state index contributed by atoms with van der Waals surface area (Å²) < 4.78 is 51.9. The van der Waals surface area contributed by atoms with Crippen molar-refractivity contribution in [2.45, 2.75) is 36.1 Å². The van der Waals surface area contributed by atoms with E-state index in [2.05, 4.69) is 10.3 Å². The number of rotatable bonds is 7. The van der Waals surface area contributed by atoms with Gasteiger partial charge in [0.25, 0.3) is 15.9 Å². The Bertz CT molecular complexity index is 1300. The summed E-state index contributed by atoms with van der Waals surface area (Å²) in [4.78, 5) is 16.4. The van der Waals surface area contributed by atoms with Crippen molar-refractivity contribution in [3.8, 4) is 0 Å². The number of pyridine rings is 1. The zero-order valence-corrected chi connectivity index (χ0v) is 18.9. The number of hydrogen-bond donors (Lipinski definition) is 1. The van der Waals surface area contributed by atoms with Gasteiger partial charge in [-0.2, -0.15) is 0 Å². The number of amides is 1. The highest BCUT2D eigenvalue weighted by molar-refractivity contribution is 7.91. The molecule has 0 aliphatic rings. The summed E-state index contributed by atoms with van der Waals surface area (Å²) in [5.41, 5.74) is 1.40. The van der Waals surface area contributed by atoms with Gasteiger partial charge in [-0.1, -0.05) is 24.6 Å². The monoisotopic (exact) mass is 461 g/mol. The summed E-state index contributed by atoms with van der Waals surface area (Å²) in [6.45, 7) is 3.61. The van der Waals surface area contributed by atoms with Crippen LogP contribution in [0.15, 0.2) is 70.8 Å². The molecule has 0 unspecified atom stereocenters. The van der Waals surface area contributed by atoms with Crippen molar-refractivity contribution in [2.24, 2.45) is 0 Å². The van der Waals surface area contributed by atoms with Crippen LogP contribution in [0.1, 0.15) is 41.0 Å². The highest BCUT2D eigenvalue weighted by Gasteiger charge is 2.28. The maximum atomic E-state index is 13.3. The van der Waals surface area contributed by atoms with Crippen molar-refractivity contribution in [2.75, 3.05) is 6.26 Å². The average Bonchev–Trinajstić information content (AvgIpc) is 3.19. The number of hydrogen-bond acceptors (Lipinski definition) is 6. The van der Waals surface area contributed by atoms with Crippen LogP contribution in [0.5, 0.6) is 0 Å². The zero-order chi connectivity index (χ0) is 22.8. The first-order valence-electron chi connectivity index (χ1n) is 9.49. The second-order valence-corrected chi connectivity index (χ2v) is 11.0. The van der Waals surface area contributed by atoms with Gasteiger partial charge in [0.15, 0.2) is 9.84 Å². The van der Waals surface area contributed by atoms with Crippen LogP contribution in [-0.4, -0.2) is 38.0 Å². The summed E-state index contributed by atoms with van der Waals surface area (Å²) in [5, 5.41) is 2.79. The van der Waals surface area contributed by atoms with Crippen LogP contribution in [0.2, 0.25) is 0 Å². The first-order valence-corrected chi connectivity index (χ1v) is 12.8. The maximum absolute atomic E-state index is 13.3. The molecule has 8 nitrogen and oxygen atoms in total. The highest BCUT2D eigenvalue weighted by atomic mass is 32.2. The van der Waals surface area contributed by atoms with Gasteiger partial charge in [0.1, 0.15) is 0 Å². The lowest BCUT2D eigenvalue weighted by Gasteiger charge is -2.20. The molecule has 0 saturated heterocycles. The van der Waals surface area contributed by atoms with Crippen LogP contribution >= 0.6 is 0 Å². The van der Waals surface area contributed by atoms with Crippen molar-refractivity contribution < 1.29 is 21.6 Å². The Labute approximate surface area is 181 Å². The minimum absolute atomic E-state index is 0.0188. The Kier molecular flexibility index (Phi) is 6.33. The quantitative estimate of drug-likeness (QED) is 0.578. The summed E-state index contributed by atoms with van der Waals surface area (Å²) in [6, 6.07) is 9.87. The molecule has 31 heavy (non-hydrogen) atoms. The van der Waals surface area contributed by atoms with Crippen LogP contribution < -0.4 is 5.32 Å². The summed E-state index contributed by atoms with van der Waals surface area (Å²) in [7, 11) is -7.77. The molecule has 2 aromatic heterocycles. The van der Waals surface area contributed by atoms with Crippen LogP contribution in [0.3, 0.4) is 0 Å². The van der Waals surface area contributed by atoms with E-state index in [4.69, 9.17) is 0 Å². The molecule has 2 heterocycles. The molecule has 0 aliphatic heterocycles. The van der Waals surface area contributed by atoms with E-state index in [1.165, 1.54) is 42.7 Å². The fraction of sp³-hybridized carbons (Fsp3) is 0.238. The maximum Gasteiger partial charge on any atom is 0.267 e. The molecule has 0 bridgehead atoms. The van der Waals surface area contributed by atoms with Gasteiger partial charge in [0, 0.05) is 30.4 Å². The van der Waals surface area contributed by atoms with Crippen LogP contribution in [0.25, 0.3) is 0 Å². The van der Waals surface area contributed by atoms with Crippen molar-refractivity contribution in [3.05, 3.63) is 77.9 Å². The molecule has 0 radical (unpaired) electrons. The van der Waals surface area contributed by atoms with Gasteiger partial charge in [0.2, 0.25) is 0 Å². The third-order valence-electron chi connectivity index (χ3n) is 4.81. The van der Waals surface area contributed by atoms with E-state index >= 15 is 0 Å². The Hall–Kier alpha value is -2.98. The summed E-state index contributed by atoms with van der Waals surface area (Å²) in [5.74, 6) is -0.421. The van der Waals surface area contributed by atoms with Crippen molar-refractivity contribution in [1.82, 2.24) is 14.3 Å². The molecule has 3 rings (SSSR count). The lowest BCUT2D eigenvalue weighted by Crippen LogP contribution is -2.30. The second-order valence-electron chi connectivity index (χ2n) is 7.16. The topological polar surface area (TPSA) is 115 Å². The predicted molar refractivity (Wildman–Crippen MR) is 116 cm³/mol. The Morgan fingerprint density at radius 1 is 1.03 bits per heavy atom. The first-order chi connectivity index (χ1) is 14.5. The largest absolute Gasteiger partial charge is 0.344 e. The SMILES string of the molecule is CC[C@@H](NC(=O)c1ccncc1)c1cc(S(C)(=O)=O)cn1S(=O)(=O)c1ccc(C)cc1. The summed E-state index contributed by atoms with van der Waals surface area (Å²) >= 11 is 0. The van der Waals surface area contributed by atoms with Crippen LogP contribution in [0.4, 0.5) is 0 Å². The molecular weight excluding hydrogens is 438 g/mol. The molecule has 0 aliphatic carbocycles. The highest BCUT2D eigenvalue weighted by Crippen LogP contribution is 2.27. The third-order valence-corrected chi connectivity index (χ3v) is 7.59. The van der Waals surface area contributed by atoms with Crippen molar-refractivity contribution in [3.63, 3.8) is 0 Å². The molecular formula is C21H23N3O5S2. The summed E-state index contributed by atoms with van der Waals surface area (Å²) in [6.07, 6.45) is 5.38. The average molecular weight is 462 g/mol. The molecule has 1 aromatic carbocycles. The normalized spacial score (nSPS) is 13.0. The molecule has 1 amide bonds. The van der Waals surface area contributed by atoms with Gasteiger partial charge in [-0.3, -0.25) is 9.78 Å². The second kappa shape index (κ2) is 8.64. The molecule has 1 atom stereocenters. The van der Waals surface area contributed by atoms with E-state index in [1.54, 1.807) is 19.1 Å². The minimum atomic E-state index is -4.09. The number of aromatic nitrogens is 2. The number of carbonyl (C=O) groups is 1. The number of sulfone groups is 1. The van der Waals surface area contributed by atoms with Gasteiger partial charge in [0.05, 0.1) is 21.5 Å². The minimum Gasteiger partial charge on any atom is -0.344 e. The Morgan fingerprint density at radius 3 is 2.19 bits per heavy atom. The number of nitrogens with one attached hydrogen (secondary N) is 1. The van der Waals surface area contributed by atoms with E-state index < -0.39 is 31.8 Å². The van der Waals surface area contributed by atoms with E-state index in [9.17, 15) is 21.6 Å². The first kappa shape index (κ1) is 22.7. The van der Waals surface area contributed by atoms with E-state index in [-0.39, 0.29) is 15.5 Å². The van der Waals surface area contributed by atoms with Crippen LogP contribution in [-0.2, 0) is 19.9 Å². The molecule has 0 fully saturated rings. The molecule has 164 valence electrons. The van der Waals surface area contributed by atoms with Gasteiger partial charge in [-0.15, -0.1) is 0 Å². The fourth-order valence-corrected chi connectivity index (χ4v) is 5.17. The smallest absolute Gasteiger partial charge is 0.267 e.